The number of nitrogens with zero attached hydrogens (tertiary/aromatic N) is 6. The van der Waals surface area contributed by atoms with Gasteiger partial charge in [0.1, 0.15) is 6.33 Å². The van der Waals surface area contributed by atoms with Crippen LogP contribution in [0.2, 0.25) is 10.0 Å². The summed E-state index contributed by atoms with van der Waals surface area (Å²) in [6, 6.07) is 6.56. The minimum atomic E-state index is -0.573. The molecular weight excluding hydrogens is 421 g/mol. The van der Waals surface area contributed by atoms with Gasteiger partial charge in [0.2, 0.25) is 11.9 Å². The molecule has 10 nitrogen and oxygen atoms in total. The van der Waals surface area contributed by atoms with Gasteiger partial charge >= 0.3 is 5.82 Å². The van der Waals surface area contributed by atoms with Gasteiger partial charge in [-0.1, -0.05) is 36.2 Å². The first-order chi connectivity index (χ1) is 13.7. The molecule has 0 spiro atoms. The number of carbonyl (C=O) groups is 1. The van der Waals surface area contributed by atoms with Crippen LogP contribution in [0, 0.1) is 23.0 Å². The van der Waals surface area contributed by atoms with Crippen molar-refractivity contribution in [1.82, 2.24) is 24.5 Å². The largest absolute Gasteiger partial charge is 0.390 e. The van der Waals surface area contributed by atoms with E-state index in [1.165, 1.54) is 21.8 Å². The Labute approximate surface area is 175 Å². The highest BCUT2D eigenvalue weighted by Gasteiger charge is 2.21. The van der Waals surface area contributed by atoms with Gasteiger partial charge in [-0.3, -0.25) is 10.1 Å². The van der Waals surface area contributed by atoms with Crippen molar-refractivity contribution in [3.05, 3.63) is 62.0 Å². The molecule has 1 N–H and O–H groups in total. The quantitative estimate of drug-likeness (QED) is 0.446. The summed E-state index contributed by atoms with van der Waals surface area (Å²) >= 11 is 12.3. The molecule has 0 radical (unpaired) electrons. The SMILES string of the molecule is Cc1cc([N+](=O)[O-])nn1CC(C)C(=O)Nc1ncn(Cc2c(Cl)cccc2Cl)n1. The number of amides is 1. The van der Waals surface area contributed by atoms with Crippen LogP contribution in [0.3, 0.4) is 0 Å². The van der Waals surface area contributed by atoms with E-state index in [1.807, 2.05) is 0 Å². The van der Waals surface area contributed by atoms with Crippen LogP contribution in [0.5, 0.6) is 0 Å². The third kappa shape index (κ3) is 4.90. The fourth-order valence-corrected chi connectivity index (χ4v) is 3.13. The zero-order valence-corrected chi connectivity index (χ0v) is 17.1. The smallest absolute Gasteiger partial charge is 0.358 e. The van der Waals surface area contributed by atoms with E-state index in [-0.39, 0.29) is 24.2 Å². The van der Waals surface area contributed by atoms with Crippen LogP contribution < -0.4 is 5.32 Å². The molecule has 0 saturated carbocycles. The van der Waals surface area contributed by atoms with Gasteiger partial charge in [0.05, 0.1) is 35.9 Å². The Morgan fingerprint density at radius 2 is 2.00 bits per heavy atom. The lowest BCUT2D eigenvalue weighted by Gasteiger charge is -2.09. The second-order valence-corrected chi connectivity index (χ2v) is 7.25. The number of anilines is 1. The predicted molar refractivity (Wildman–Crippen MR) is 107 cm³/mol. The Kier molecular flexibility index (Phi) is 6.14. The molecule has 1 amide bonds. The Balaban J connectivity index is 1.63. The second-order valence-electron chi connectivity index (χ2n) is 6.44. The Morgan fingerprint density at radius 3 is 2.62 bits per heavy atom. The van der Waals surface area contributed by atoms with Gasteiger partial charge in [-0.25, -0.2) is 9.67 Å². The molecule has 2 aromatic heterocycles. The first kappa shape index (κ1) is 20.7. The molecule has 0 fully saturated rings. The van der Waals surface area contributed by atoms with Crippen LogP contribution in [0.4, 0.5) is 11.8 Å². The molecule has 0 aliphatic rings. The number of hydrogen-bond acceptors (Lipinski definition) is 6. The van der Waals surface area contributed by atoms with Crippen molar-refractivity contribution < 1.29 is 9.72 Å². The summed E-state index contributed by atoms with van der Waals surface area (Å²) in [4.78, 5) is 26.7. The van der Waals surface area contributed by atoms with Gasteiger partial charge in [-0.05, 0) is 24.0 Å². The van der Waals surface area contributed by atoms with Crippen LogP contribution in [-0.4, -0.2) is 35.4 Å². The average molecular weight is 438 g/mol. The summed E-state index contributed by atoms with van der Waals surface area (Å²) in [5.41, 5.74) is 1.29. The highest BCUT2D eigenvalue weighted by molar-refractivity contribution is 6.35. The molecule has 0 bridgehead atoms. The van der Waals surface area contributed by atoms with Gasteiger partial charge in [-0.2, -0.15) is 4.68 Å². The number of nitrogens with one attached hydrogen (secondary N) is 1. The lowest BCUT2D eigenvalue weighted by Crippen LogP contribution is -2.25. The first-order valence-electron chi connectivity index (χ1n) is 8.56. The number of rotatable bonds is 7. The van der Waals surface area contributed by atoms with Crippen LogP contribution in [0.1, 0.15) is 18.2 Å². The lowest BCUT2D eigenvalue weighted by atomic mass is 10.1. The van der Waals surface area contributed by atoms with Gasteiger partial charge < -0.3 is 10.1 Å². The molecule has 0 aliphatic carbocycles. The first-order valence-corrected chi connectivity index (χ1v) is 9.32. The standard InChI is InChI=1S/C17H17Cl2N7O3/c1-10(7-25-11(2)6-15(22-25)26(28)29)16(27)21-17-20-9-24(23-17)8-12-13(18)4-3-5-14(12)19/h3-6,9-10H,7-8H2,1-2H3,(H,21,23,27). The van der Waals surface area contributed by atoms with Crippen molar-refractivity contribution in [2.24, 2.45) is 5.92 Å². The second kappa shape index (κ2) is 8.58. The number of nitro groups is 1. The van der Waals surface area contributed by atoms with Gasteiger partial charge in [0, 0.05) is 15.6 Å². The lowest BCUT2D eigenvalue weighted by molar-refractivity contribution is -0.389. The van der Waals surface area contributed by atoms with Crippen LogP contribution in [0.25, 0.3) is 0 Å². The molecule has 1 aromatic carbocycles. The number of hydrogen-bond donors (Lipinski definition) is 1. The molecule has 0 saturated heterocycles. The fourth-order valence-electron chi connectivity index (χ4n) is 2.62. The molecule has 1 atom stereocenters. The topological polar surface area (TPSA) is 121 Å². The van der Waals surface area contributed by atoms with E-state index in [0.717, 1.165) is 0 Å². The van der Waals surface area contributed by atoms with Crippen molar-refractivity contribution in [2.75, 3.05) is 5.32 Å². The van der Waals surface area contributed by atoms with Gasteiger partial charge in [0.15, 0.2) is 0 Å². The van der Waals surface area contributed by atoms with E-state index in [4.69, 9.17) is 23.2 Å². The maximum absolute atomic E-state index is 12.4. The number of aryl methyl sites for hydroxylation is 1. The Morgan fingerprint density at radius 1 is 1.31 bits per heavy atom. The molecule has 152 valence electrons. The van der Waals surface area contributed by atoms with Crippen molar-refractivity contribution in [3.8, 4) is 0 Å². The zero-order chi connectivity index (χ0) is 21.1. The predicted octanol–water partition coefficient (Wildman–Crippen LogP) is 3.32. The van der Waals surface area contributed by atoms with Gasteiger partial charge in [-0.15, -0.1) is 5.10 Å². The summed E-state index contributed by atoms with van der Waals surface area (Å²) in [6.07, 6.45) is 1.46. The molecule has 12 heteroatoms. The van der Waals surface area contributed by atoms with Crippen molar-refractivity contribution in [1.29, 1.82) is 0 Å². The summed E-state index contributed by atoms with van der Waals surface area (Å²) in [5, 5.41) is 22.6. The summed E-state index contributed by atoms with van der Waals surface area (Å²) in [5.74, 6) is -0.976. The maximum Gasteiger partial charge on any atom is 0.390 e. The number of benzene rings is 1. The van der Waals surface area contributed by atoms with E-state index < -0.39 is 10.8 Å². The van der Waals surface area contributed by atoms with E-state index >= 15 is 0 Å². The minimum absolute atomic E-state index is 0.133. The molecule has 3 rings (SSSR count). The minimum Gasteiger partial charge on any atom is -0.358 e. The summed E-state index contributed by atoms with van der Waals surface area (Å²) in [6.45, 7) is 3.85. The molecule has 29 heavy (non-hydrogen) atoms. The van der Waals surface area contributed by atoms with Crippen LogP contribution in [0.15, 0.2) is 30.6 Å². The van der Waals surface area contributed by atoms with E-state index in [2.05, 4.69) is 20.5 Å². The monoisotopic (exact) mass is 437 g/mol. The molecule has 0 aliphatic heterocycles. The van der Waals surface area contributed by atoms with Crippen LogP contribution in [-0.2, 0) is 17.9 Å². The molecule has 2 heterocycles. The highest BCUT2D eigenvalue weighted by atomic mass is 35.5. The average Bonchev–Trinajstić information content (AvgIpc) is 3.25. The Hall–Kier alpha value is -2.98. The number of aromatic nitrogens is 5. The number of carbonyl (C=O) groups excluding carboxylic acids is 1. The van der Waals surface area contributed by atoms with Gasteiger partial charge in [0.25, 0.3) is 0 Å². The van der Waals surface area contributed by atoms with Crippen LogP contribution >= 0.6 is 23.2 Å². The summed E-state index contributed by atoms with van der Waals surface area (Å²) in [7, 11) is 0. The maximum atomic E-state index is 12.4. The van der Waals surface area contributed by atoms with E-state index in [1.54, 1.807) is 32.0 Å². The molecule has 1 unspecified atom stereocenters. The van der Waals surface area contributed by atoms with Crippen molar-refractivity contribution in [2.45, 2.75) is 26.9 Å². The normalized spacial score (nSPS) is 12.0. The van der Waals surface area contributed by atoms with E-state index in [0.29, 0.717) is 27.8 Å². The highest BCUT2D eigenvalue weighted by Crippen LogP contribution is 2.25. The van der Waals surface area contributed by atoms with Crippen molar-refractivity contribution in [3.63, 3.8) is 0 Å². The Bertz CT molecular complexity index is 1040. The summed E-state index contributed by atoms with van der Waals surface area (Å²) < 4.78 is 2.93. The van der Waals surface area contributed by atoms with E-state index in [9.17, 15) is 14.9 Å². The molecule has 3 aromatic rings. The zero-order valence-electron chi connectivity index (χ0n) is 15.5. The third-order valence-electron chi connectivity index (χ3n) is 4.20. The van der Waals surface area contributed by atoms with Crippen molar-refractivity contribution >= 4 is 40.9 Å². The third-order valence-corrected chi connectivity index (χ3v) is 4.91. The molecular formula is C17H17Cl2N7O3. The fraction of sp³-hybridized carbons (Fsp3) is 0.294. The number of halogens is 2.